The maximum Gasteiger partial charge on any atom is 0.303 e. The van der Waals surface area contributed by atoms with Gasteiger partial charge in [-0.3, -0.25) is 14.4 Å². The van der Waals surface area contributed by atoms with Crippen molar-refractivity contribution in [3.63, 3.8) is 0 Å². The van der Waals surface area contributed by atoms with Gasteiger partial charge < -0.3 is 19.3 Å². The largest absolute Gasteiger partial charge is 0.462 e. The van der Waals surface area contributed by atoms with Crippen molar-refractivity contribution in [2.75, 3.05) is 0 Å². The summed E-state index contributed by atoms with van der Waals surface area (Å²) in [5.41, 5.74) is -1.71. The van der Waals surface area contributed by atoms with Crippen LogP contribution in [0.5, 0.6) is 0 Å². The summed E-state index contributed by atoms with van der Waals surface area (Å²) in [7, 11) is 0. The first-order valence-electron chi connectivity index (χ1n) is 10.8. The van der Waals surface area contributed by atoms with Gasteiger partial charge >= 0.3 is 5.97 Å². The fourth-order valence-electron chi connectivity index (χ4n) is 6.77. The zero-order valence-electron chi connectivity index (χ0n) is 18.6. The molecule has 30 heavy (non-hydrogen) atoms. The molecule has 0 radical (unpaired) electrons. The molecule has 0 spiro atoms. The molecule has 2 saturated carbocycles. The van der Waals surface area contributed by atoms with Gasteiger partial charge in [0.2, 0.25) is 0 Å². The molecule has 7 heteroatoms. The van der Waals surface area contributed by atoms with Gasteiger partial charge in [-0.25, -0.2) is 0 Å². The van der Waals surface area contributed by atoms with Crippen LogP contribution in [0.25, 0.3) is 0 Å². The summed E-state index contributed by atoms with van der Waals surface area (Å²) < 4.78 is 17.6. The molecule has 4 aliphatic rings. The standard InChI is InChI=1S/C23H32O7/c1-11-9-14(25)13-10-16-22(5,30-20(13)28-11)8-7-15-21(3,4)19(29-12(2)24)17(26)18(27)23(15,16)6/h11,15-17,19,26H,7-10H2,1-6H3. The highest BCUT2D eigenvalue weighted by atomic mass is 16.7. The fraction of sp³-hybridized carbons (Fsp3) is 0.783. The van der Waals surface area contributed by atoms with E-state index in [2.05, 4.69) is 0 Å². The van der Waals surface area contributed by atoms with E-state index in [0.717, 1.165) is 0 Å². The van der Waals surface area contributed by atoms with Crippen molar-refractivity contribution in [2.45, 2.75) is 91.1 Å². The number of rotatable bonds is 1. The zero-order valence-corrected chi connectivity index (χ0v) is 18.6. The molecule has 0 aromatic rings. The Hall–Kier alpha value is -1.89. The first-order chi connectivity index (χ1) is 13.8. The van der Waals surface area contributed by atoms with Crippen molar-refractivity contribution in [3.8, 4) is 0 Å². The van der Waals surface area contributed by atoms with Crippen LogP contribution in [-0.2, 0) is 28.6 Å². The predicted molar refractivity (Wildman–Crippen MR) is 106 cm³/mol. The average Bonchev–Trinajstić information content (AvgIpc) is 2.62. The summed E-state index contributed by atoms with van der Waals surface area (Å²) in [6.45, 7) is 10.9. The Kier molecular flexibility index (Phi) is 4.66. The Morgan fingerprint density at radius 3 is 2.43 bits per heavy atom. The van der Waals surface area contributed by atoms with E-state index in [4.69, 9.17) is 14.2 Å². The number of hydrogen-bond donors (Lipinski definition) is 1. The second-order valence-corrected chi connectivity index (χ2v) is 10.5. The van der Waals surface area contributed by atoms with Gasteiger partial charge in [0, 0.05) is 30.1 Å². The van der Waals surface area contributed by atoms with Gasteiger partial charge in [0.1, 0.15) is 17.8 Å². The molecule has 2 heterocycles. The van der Waals surface area contributed by atoms with E-state index in [0.29, 0.717) is 37.2 Å². The van der Waals surface area contributed by atoms with Gasteiger partial charge in [-0.2, -0.15) is 0 Å². The van der Waals surface area contributed by atoms with Gasteiger partial charge in [0.25, 0.3) is 5.95 Å². The van der Waals surface area contributed by atoms with E-state index in [1.54, 1.807) is 0 Å². The normalized spacial score (nSPS) is 44.8. The summed E-state index contributed by atoms with van der Waals surface area (Å²) in [4.78, 5) is 38.0. The Balaban J connectivity index is 1.78. The SMILES string of the molecule is CC(=O)OC1C(O)C(=O)C2(C)C3CC4=C(OC(C)CC4=O)OC3(C)CCC2C1(C)C. The van der Waals surface area contributed by atoms with E-state index in [-0.39, 0.29) is 29.5 Å². The van der Waals surface area contributed by atoms with Gasteiger partial charge in [-0.05, 0) is 39.0 Å². The predicted octanol–water partition coefficient (Wildman–Crippen LogP) is 2.69. The number of aliphatic hydroxyl groups is 1. The molecule has 0 amide bonds. The summed E-state index contributed by atoms with van der Waals surface area (Å²) in [5.74, 6) is -0.966. The van der Waals surface area contributed by atoms with Crippen LogP contribution in [0.4, 0.5) is 0 Å². The van der Waals surface area contributed by atoms with E-state index in [1.165, 1.54) is 6.92 Å². The minimum absolute atomic E-state index is 0.00243. The van der Waals surface area contributed by atoms with Crippen LogP contribution in [0.3, 0.4) is 0 Å². The van der Waals surface area contributed by atoms with Crippen molar-refractivity contribution < 1.29 is 33.7 Å². The van der Waals surface area contributed by atoms with Gasteiger partial charge in [-0.1, -0.05) is 20.8 Å². The van der Waals surface area contributed by atoms with Crippen LogP contribution in [0.1, 0.15) is 67.2 Å². The summed E-state index contributed by atoms with van der Waals surface area (Å²) in [6, 6.07) is 0. The molecule has 2 fully saturated rings. The Bertz CT molecular complexity index is 842. The number of hydrogen-bond acceptors (Lipinski definition) is 7. The lowest BCUT2D eigenvalue weighted by Gasteiger charge is -2.63. The third kappa shape index (κ3) is 2.77. The second kappa shape index (κ2) is 6.55. The number of esters is 1. The van der Waals surface area contributed by atoms with E-state index < -0.39 is 34.6 Å². The van der Waals surface area contributed by atoms with Crippen molar-refractivity contribution >= 4 is 17.5 Å². The minimum Gasteiger partial charge on any atom is -0.462 e. The zero-order chi connectivity index (χ0) is 22.2. The Labute approximate surface area is 177 Å². The van der Waals surface area contributed by atoms with Crippen molar-refractivity contribution in [3.05, 3.63) is 11.5 Å². The van der Waals surface area contributed by atoms with Gasteiger partial charge in [-0.15, -0.1) is 0 Å². The number of aliphatic hydroxyl groups excluding tert-OH is 1. The molecule has 0 saturated heterocycles. The number of allylic oxidation sites excluding steroid dienone is 1. The van der Waals surface area contributed by atoms with E-state index in [9.17, 15) is 19.5 Å². The first-order valence-corrected chi connectivity index (χ1v) is 10.8. The Morgan fingerprint density at radius 1 is 1.13 bits per heavy atom. The number of ether oxygens (including phenoxy) is 3. The molecule has 0 aromatic carbocycles. The molecule has 0 bridgehead atoms. The van der Waals surface area contributed by atoms with Crippen LogP contribution in [0.15, 0.2) is 11.5 Å². The lowest BCUT2D eigenvalue weighted by atomic mass is 9.43. The number of fused-ring (bicyclic) bond motifs is 3. The average molecular weight is 421 g/mol. The highest BCUT2D eigenvalue weighted by Gasteiger charge is 2.69. The Morgan fingerprint density at radius 2 is 1.80 bits per heavy atom. The second-order valence-electron chi connectivity index (χ2n) is 10.5. The quantitative estimate of drug-likeness (QED) is 0.651. The number of carbonyl (C=O) groups excluding carboxylic acids is 3. The van der Waals surface area contributed by atoms with E-state index in [1.807, 2.05) is 34.6 Å². The van der Waals surface area contributed by atoms with Crippen LogP contribution in [-0.4, -0.2) is 46.6 Å². The third-order valence-corrected chi connectivity index (χ3v) is 8.22. The minimum atomic E-state index is -1.42. The molecule has 7 unspecified atom stereocenters. The van der Waals surface area contributed by atoms with E-state index >= 15 is 0 Å². The highest BCUT2D eigenvalue weighted by molar-refractivity contribution is 5.97. The molecule has 166 valence electrons. The van der Waals surface area contributed by atoms with Crippen LogP contribution < -0.4 is 0 Å². The maximum absolute atomic E-state index is 13.6. The monoisotopic (exact) mass is 420 g/mol. The summed E-state index contributed by atoms with van der Waals surface area (Å²) in [5, 5.41) is 10.9. The van der Waals surface area contributed by atoms with Crippen LogP contribution in [0, 0.1) is 22.7 Å². The molecular formula is C23H32O7. The first kappa shape index (κ1) is 21.3. The highest BCUT2D eigenvalue weighted by Crippen LogP contribution is 2.64. The van der Waals surface area contributed by atoms with Crippen molar-refractivity contribution in [1.82, 2.24) is 0 Å². The number of ketones is 2. The molecule has 4 rings (SSSR count). The summed E-state index contributed by atoms with van der Waals surface area (Å²) in [6.07, 6.45) is -0.505. The lowest BCUT2D eigenvalue weighted by molar-refractivity contribution is -0.239. The summed E-state index contributed by atoms with van der Waals surface area (Å²) >= 11 is 0. The number of Topliss-reactive ketones (excluding diaryl/α,β-unsaturated/α-hetero) is 2. The fourth-order valence-corrected chi connectivity index (χ4v) is 6.77. The van der Waals surface area contributed by atoms with Gasteiger partial charge in [0.15, 0.2) is 17.7 Å². The molecular weight excluding hydrogens is 388 g/mol. The molecule has 2 aliphatic heterocycles. The molecule has 7 atom stereocenters. The molecule has 0 aromatic heterocycles. The van der Waals surface area contributed by atoms with Crippen molar-refractivity contribution in [1.29, 1.82) is 0 Å². The molecule has 1 N–H and O–H groups in total. The lowest BCUT2D eigenvalue weighted by Crippen LogP contribution is -2.70. The molecule has 7 nitrogen and oxygen atoms in total. The van der Waals surface area contributed by atoms with Crippen LogP contribution in [0.2, 0.25) is 0 Å². The van der Waals surface area contributed by atoms with Crippen molar-refractivity contribution in [2.24, 2.45) is 22.7 Å². The topological polar surface area (TPSA) is 99.1 Å². The third-order valence-electron chi connectivity index (χ3n) is 8.22. The van der Waals surface area contributed by atoms with Crippen LogP contribution >= 0.6 is 0 Å². The van der Waals surface area contributed by atoms with Gasteiger partial charge in [0.05, 0.1) is 5.57 Å². The number of carbonyl (C=O) groups is 3. The smallest absolute Gasteiger partial charge is 0.303 e. The molecule has 2 aliphatic carbocycles. The maximum atomic E-state index is 13.6.